The Morgan fingerprint density at radius 3 is 1.72 bits per heavy atom. The minimum atomic E-state index is 0.107. The molecule has 328 valence electrons. The third kappa shape index (κ3) is 30.6. The van der Waals surface area contributed by atoms with E-state index >= 15 is 0 Å². The number of hydrogen-bond acceptors (Lipinski definition) is 5. The molecule has 0 aliphatic rings. The number of halogens is 1. The largest absolute Gasteiger partial charge is 0.384 e. The number of pyridine rings is 1. The smallest absolute Gasteiger partial charge is 0.0932 e. The summed E-state index contributed by atoms with van der Waals surface area (Å²) in [4.78, 5) is 4.46. The highest BCUT2D eigenvalue weighted by Crippen LogP contribution is 2.24. The Morgan fingerprint density at radius 1 is 0.586 bits per heavy atom. The van der Waals surface area contributed by atoms with Crippen LogP contribution in [0, 0.1) is 0 Å². The van der Waals surface area contributed by atoms with Gasteiger partial charge in [-0.05, 0) is 121 Å². The molecule has 0 aliphatic heterocycles. The number of fused-ring (bicyclic) bond motifs is 1. The standard InChI is InChI=1S/C52H86ClN3O2/c1-3-5-7-9-11-13-15-17-19-21-23-25-27-29-31-35-43-57-47-49(58-44-36-32-30-28-26-24-22-20-18-16-14-12-10-8-6-4-2)46-54-40-33-34-41-55-51-39-42-56-52-45-48(53)37-38-50(51)52/h11-14,17-20,37-39,42,45,49,54H,3-10,15-16,21-36,40-41,43-44,46-47H2,1-2H3,(H,55,56)/b13-11-,14-12-,19-17-,20-18-. The summed E-state index contributed by atoms with van der Waals surface area (Å²) in [6, 6.07) is 7.94. The second-order valence-electron chi connectivity index (χ2n) is 16.1. The van der Waals surface area contributed by atoms with Crippen LogP contribution in [-0.4, -0.2) is 50.5 Å². The first kappa shape index (κ1) is 51.7. The van der Waals surface area contributed by atoms with Gasteiger partial charge in [-0.2, -0.15) is 0 Å². The van der Waals surface area contributed by atoms with Crippen LogP contribution in [0.3, 0.4) is 0 Å². The molecule has 2 rings (SSSR count). The summed E-state index contributed by atoms with van der Waals surface area (Å²) in [5.74, 6) is 0. The van der Waals surface area contributed by atoms with Gasteiger partial charge in [0.25, 0.3) is 0 Å². The third-order valence-corrected chi connectivity index (χ3v) is 10.9. The summed E-state index contributed by atoms with van der Waals surface area (Å²) in [5.41, 5.74) is 2.04. The van der Waals surface area contributed by atoms with Crippen molar-refractivity contribution in [2.45, 2.75) is 187 Å². The molecule has 0 spiro atoms. The van der Waals surface area contributed by atoms with Crippen LogP contribution in [0.1, 0.15) is 181 Å². The van der Waals surface area contributed by atoms with Gasteiger partial charge in [-0.3, -0.25) is 4.98 Å². The number of unbranched alkanes of at least 4 members (excludes halogenated alkanes) is 19. The van der Waals surface area contributed by atoms with Crippen molar-refractivity contribution in [1.29, 1.82) is 0 Å². The van der Waals surface area contributed by atoms with Gasteiger partial charge in [-0.1, -0.05) is 151 Å². The number of nitrogens with one attached hydrogen (secondary N) is 2. The van der Waals surface area contributed by atoms with E-state index in [1.54, 1.807) is 0 Å². The van der Waals surface area contributed by atoms with E-state index in [9.17, 15) is 0 Å². The highest BCUT2D eigenvalue weighted by Gasteiger charge is 2.10. The van der Waals surface area contributed by atoms with E-state index in [2.05, 4.69) is 78.1 Å². The molecule has 1 heterocycles. The maximum absolute atomic E-state index is 6.39. The number of aromatic nitrogens is 1. The Labute approximate surface area is 362 Å². The van der Waals surface area contributed by atoms with Crippen LogP contribution in [0.5, 0.6) is 0 Å². The van der Waals surface area contributed by atoms with Crippen molar-refractivity contribution >= 4 is 28.2 Å². The molecule has 0 fully saturated rings. The molecule has 6 heteroatoms. The molecule has 1 aromatic carbocycles. The molecule has 0 bridgehead atoms. The molecule has 0 radical (unpaired) electrons. The SMILES string of the molecule is CCCCC/C=C\C/C=C\CCCCCCCCOCC(CNCCCCNc1ccnc2cc(Cl)ccc12)OCCCCCCCC/C=C\C/C=C\CCCCC. The fourth-order valence-corrected chi connectivity index (χ4v) is 7.22. The number of hydrogen-bond donors (Lipinski definition) is 2. The summed E-state index contributed by atoms with van der Waals surface area (Å²) < 4.78 is 12.6. The molecule has 2 N–H and O–H groups in total. The lowest BCUT2D eigenvalue weighted by atomic mass is 10.1. The zero-order valence-corrected chi connectivity index (χ0v) is 38.1. The summed E-state index contributed by atoms with van der Waals surface area (Å²) in [7, 11) is 0. The Hall–Kier alpha value is -2.44. The predicted molar refractivity (Wildman–Crippen MR) is 257 cm³/mol. The first-order valence-electron chi connectivity index (χ1n) is 24.0. The maximum atomic E-state index is 6.39. The molecule has 0 amide bonds. The van der Waals surface area contributed by atoms with Crippen LogP contribution in [0.4, 0.5) is 5.69 Å². The minimum Gasteiger partial charge on any atom is -0.384 e. The fourth-order valence-electron chi connectivity index (χ4n) is 7.05. The Balaban J connectivity index is 1.55. The number of nitrogens with zero attached hydrogens (tertiary/aromatic N) is 1. The second-order valence-corrected chi connectivity index (χ2v) is 16.5. The summed E-state index contributed by atoms with van der Waals surface area (Å²) in [6.45, 7) is 9.61. The van der Waals surface area contributed by atoms with E-state index in [4.69, 9.17) is 21.1 Å². The first-order valence-corrected chi connectivity index (χ1v) is 24.4. The van der Waals surface area contributed by atoms with Crippen LogP contribution < -0.4 is 10.6 Å². The van der Waals surface area contributed by atoms with Crippen molar-refractivity contribution in [3.8, 4) is 0 Å². The van der Waals surface area contributed by atoms with E-state index in [-0.39, 0.29) is 6.10 Å². The number of allylic oxidation sites excluding steroid dienone is 8. The molecular formula is C52H86ClN3O2. The van der Waals surface area contributed by atoms with Crippen LogP contribution in [0.25, 0.3) is 10.9 Å². The Kier molecular flexibility index (Phi) is 35.6. The zero-order valence-electron chi connectivity index (χ0n) is 37.4. The molecule has 0 aliphatic carbocycles. The highest BCUT2D eigenvalue weighted by atomic mass is 35.5. The van der Waals surface area contributed by atoms with E-state index in [0.29, 0.717) is 6.61 Å². The molecule has 2 aromatic rings. The first-order chi connectivity index (χ1) is 28.7. The van der Waals surface area contributed by atoms with E-state index in [0.717, 1.165) is 93.0 Å². The lowest BCUT2D eigenvalue weighted by Gasteiger charge is -2.19. The quantitative estimate of drug-likeness (QED) is 0.0517. The monoisotopic (exact) mass is 820 g/mol. The lowest BCUT2D eigenvalue weighted by Crippen LogP contribution is -2.34. The summed E-state index contributed by atoms with van der Waals surface area (Å²) in [6.07, 6.45) is 53.3. The van der Waals surface area contributed by atoms with E-state index in [1.807, 2.05) is 30.5 Å². The normalized spacial score (nSPS) is 12.7. The minimum absolute atomic E-state index is 0.107. The lowest BCUT2D eigenvalue weighted by molar-refractivity contribution is -0.0175. The van der Waals surface area contributed by atoms with Gasteiger partial charge < -0.3 is 20.1 Å². The van der Waals surface area contributed by atoms with E-state index in [1.165, 1.54) is 128 Å². The number of anilines is 1. The van der Waals surface area contributed by atoms with Gasteiger partial charge in [0, 0.05) is 48.6 Å². The molecule has 5 nitrogen and oxygen atoms in total. The number of rotatable bonds is 41. The van der Waals surface area contributed by atoms with Crippen LogP contribution in [0.15, 0.2) is 79.1 Å². The van der Waals surface area contributed by atoms with Crippen LogP contribution in [0.2, 0.25) is 5.02 Å². The maximum Gasteiger partial charge on any atom is 0.0932 e. The van der Waals surface area contributed by atoms with Gasteiger partial charge in [-0.15, -0.1) is 0 Å². The average Bonchev–Trinajstić information content (AvgIpc) is 3.23. The number of benzene rings is 1. The van der Waals surface area contributed by atoms with Gasteiger partial charge in [0.05, 0.1) is 18.2 Å². The number of ether oxygens (including phenoxy) is 2. The van der Waals surface area contributed by atoms with Crippen molar-refractivity contribution in [2.24, 2.45) is 0 Å². The molecule has 1 atom stereocenters. The fraction of sp³-hybridized carbons (Fsp3) is 0.673. The van der Waals surface area contributed by atoms with Crippen molar-refractivity contribution < 1.29 is 9.47 Å². The third-order valence-electron chi connectivity index (χ3n) is 10.7. The van der Waals surface area contributed by atoms with Gasteiger partial charge in [0.1, 0.15) is 0 Å². The molecular weight excluding hydrogens is 734 g/mol. The van der Waals surface area contributed by atoms with Gasteiger partial charge in [-0.25, -0.2) is 0 Å². The molecule has 0 saturated carbocycles. The zero-order chi connectivity index (χ0) is 41.2. The molecule has 1 unspecified atom stereocenters. The summed E-state index contributed by atoms with van der Waals surface area (Å²) in [5, 5.41) is 9.08. The van der Waals surface area contributed by atoms with Crippen molar-refractivity contribution in [2.75, 3.05) is 44.8 Å². The second kappa shape index (κ2) is 40.0. The topological polar surface area (TPSA) is 55.4 Å². The van der Waals surface area contributed by atoms with Gasteiger partial charge in [0.2, 0.25) is 0 Å². The Bertz CT molecular complexity index is 1320. The van der Waals surface area contributed by atoms with Crippen LogP contribution in [-0.2, 0) is 9.47 Å². The van der Waals surface area contributed by atoms with Gasteiger partial charge in [0.15, 0.2) is 0 Å². The van der Waals surface area contributed by atoms with Crippen molar-refractivity contribution in [3.05, 3.63) is 84.1 Å². The Morgan fingerprint density at radius 2 is 1.12 bits per heavy atom. The molecule has 58 heavy (non-hydrogen) atoms. The highest BCUT2D eigenvalue weighted by molar-refractivity contribution is 6.31. The molecule has 1 aromatic heterocycles. The van der Waals surface area contributed by atoms with Crippen molar-refractivity contribution in [3.63, 3.8) is 0 Å². The molecule has 0 saturated heterocycles. The summed E-state index contributed by atoms with van der Waals surface area (Å²) >= 11 is 6.17. The van der Waals surface area contributed by atoms with E-state index < -0.39 is 0 Å². The average molecular weight is 821 g/mol. The van der Waals surface area contributed by atoms with Crippen LogP contribution >= 0.6 is 11.6 Å². The predicted octanol–water partition coefficient (Wildman–Crippen LogP) is 15.7. The van der Waals surface area contributed by atoms with Crippen molar-refractivity contribution in [1.82, 2.24) is 10.3 Å². The van der Waals surface area contributed by atoms with Gasteiger partial charge >= 0.3 is 0 Å².